The van der Waals surface area contributed by atoms with Gasteiger partial charge in [0, 0.05) is 28.7 Å². The number of hydrogen-bond donors (Lipinski definition) is 2. The van der Waals surface area contributed by atoms with Crippen molar-refractivity contribution in [1.29, 1.82) is 0 Å². The van der Waals surface area contributed by atoms with Crippen molar-refractivity contribution in [2.75, 3.05) is 5.32 Å². The molecule has 1 aliphatic rings. The molecule has 0 atom stereocenters. The molecule has 1 amide bonds. The number of aromatic nitrogens is 1. The lowest BCUT2D eigenvalue weighted by molar-refractivity contribution is -0.140. The highest BCUT2D eigenvalue weighted by molar-refractivity contribution is 5.94. The van der Waals surface area contributed by atoms with Gasteiger partial charge in [0.15, 0.2) is 0 Å². The van der Waals surface area contributed by atoms with E-state index in [2.05, 4.69) is 15.6 Å². The van der Waals surface area contributed by atoms with Gasteiger partial charge in [0.1, 0.15) is 11.5 Å². The van der Waals surface area contributed by atoms with Crippen LogP contribution < -0.4 is 10.6 Å². The number of carbonyl (C=O) groups excluding carboxylic acids is 1. The summed E-state index contributed by atoms with van der Waals surface area (Å²) < 4.78 is 52.8. The Morgan fingerprint density at radius 3 is 2.26 bits per heavy atom. The molecule has 4 rings (SSSR count). The van der Waals surface area contributed by atoms with Crippen molar-refractivity contribution in [3.05, 3.63) is 71.7 Å². The maximum Gasteiger partial charge on any atom is 0.433 e. The summed E-state index contributed by atoms with van der Waals surface area (Å²) in [6.45, 7) is 0. The van der Waals surface area contributed by atoms with Gasteiger partial charge < -0.3 is 10.6 Å². The van der Waals surface area contributed by atoms with Gasteiger partial charge in [-0.25, -0.2) is 9.37 Å². The Kier molecular flexibility index (Phi) is 5.80. The van der Waals surface area contributed by atoms with Crippen LogP contribution in [0.5, 0.6) is 0 Å². The fourth-order valence-electron chi connectivity index (χ4n) is 3.91. The van der Waals surface area contributed by atoms with Gasteiger partial charge in [0.05, 0.1) is 5.52 Å². The number of rotatable bonds is 4. The van der Waals surface area contributed by atoms with Crippen molar-refractivity contribution in [2.45, 2.75) is 43.9 Å². The minimum absolute atomic E-state index is 0.00846. The number of amides is 1. The molecule has 2 N–H and O–H groups in total. The van der Waals surface area contributed by atoms with Crippen LogP contribution in [0.1, 0.15) is 41.7 Å². The number of alkyl halides is 3. The molecule has 1 aliphatic carbocycles. The van der Waals surface area contributed by atoms with E-state index in [9.17, 15) is 22.4 Å². The first kappa shape index (κ1) is 21.1. The van der Waals surface area contributed by atoms with Gasteiger partial charge in [-0.2, -0.15) is 13.2 Å². The number of para-hydroxylation sites is 1. The summed E-state index contributed by atoms with van der Waals surface area (Å²) in [5.41, 5.74) is 0.176. The molecular weight excluding hydrogens is 410 g/mol. The number of benzene rings is 2. The summed E-state index contributed by atoms with van der Waals surface area (Å²) in [4.78, 5) is 16.1. The first-order valence-electron chi connectivity index (χ1n) is 10.1. The molecule has 4 nitrogen and oxygen atoms in total. The molecule has 1 heterocycles. The van der Waals surface area contributed by atoms with E-state index in [1.807, 2.05) is 0 Å². The molecule has 1 fully saturated rings. The van der Waals surface area contributed by atoms with Crippen LogP contribution >= 0.6 is 0 Å². The van der Waals surface area contributed by atoms with Crippen LogP contribution in [-0.2, 0) is 6.18 Å². The molecule has 3 aromatic rings. The lowest BCUT2D eigenvalue weighted by Gasteiger charge is -2.30. The molecule has 0 radical (unpaired) electrons. The Morgan fingerprint density at radius 2 is 1.58 bits per heavy atom. The van der Waals surface area contributed by atoms with Crippen molar-refractivity contribution >= 4 is 22.5 Å². The molecule has 1 aromatic heterocycles. The summed E-state index contributed by atoms with van der Waals surface area (Å²) in [6, 6.07) is 13.1. The third-order valence-electron chi connectivity index (χ3n) is 5.54. The normalized spacial score (nSPS) is 19.2. The number of halogens is 4. The maximum atomic E-state index is 13.3. The summed E-state index contributed by atoms with van der Waals surface area (Å²) in [5, 5.41) is 6.84. The molecule has 0 saturated heterocycles. The summed E-state index contributed by atoms with van der Waals surface area (Å²) in [7, 11) is 0. The third-order valence-corrected chi connectivity index (χ3v) is 5.54. The lowest BCUT2D eigenvalue weighted by atomic mass is 9.90. The smallest absolute Gasteiger partial charge is 0.382 e. The van der Waals surface area contributed by atoms with Crippen molar-refractivity contribution < 1.29 is 22.4 Å². The van der Waals surface area contributed by atoms with Crippen molar-refractivity contribution in [1.82, 2.24) is 10.3 Å². The second-order valence-electron chi connectivity index (χ2n) is 7.74. The van der Waals surface area contributed by atoms with Crippen LogP contribution in [0, 0.1) is 5.82 Å². The highest BCUT2D eigenvalue weighted by Crippen LogP contribution is 2.34. The average Bonchev–Trinajstić information content (AvgIpc) is 2.75. The van der Waals surface area contributed by atoms with Crippen LogP contribution in [-0.4, -0.2) is 23.0 Å². The van der Waals surface area contributed by atoms with Crippen LogP contribution in [0.3, 0.4) is 0 Å². The predicted octanol–water partition coefficient (Wildman–Crippen LogP) is 5.55. The quantitative estimate of drug-likeness (QED) is 0.533. The SMILES string of the molecule is O=C(N[C@H]1CC[C@@H](Nc2cc(C(F)(F)F)nc3ccccc23)CC1)c1ccc(F)cc1. The molecule has 1 saturated carbocycles. The van der Waals surface area contributed by atoms with Gasteiger partial charge in [-0.1, -0.05) is 18.2 Å². The van der Waals surface area contributed by atoms with Crippen molar-refractivity contribution in [2.24, 2.45) is 0 Å². The van der Waals surface area contributed by atoms with E-state index < -0.39 is 17.7 Å². The summed E-state index contributed by atoms with van der Waals surface area (Å²) in [6.07, 6.45) is -1.74. The number of hydrogen-bond acceptors (Lipinski definition) is 3. The highest BCUT2D eigenvalue weighted by Gasteiger charge is 2.33. The first-order chi connectivity index (χ1) is 14.8. The van der Waals surface area contributed by atoms with Gasteiger partial charge in [-0.15, -0.1) is 0 Å². The van der Waals surface area contributed by atoms with E-state index in [1.54, 1.807) is 24.3 Å². The van der Waals surface area contributed by atoms with E-state index in [-0.39, 0.29) is 18.0 Å². The first-order valence-corrected chi connectivity index (χ1v) is 10.1. The molecular formula is C23H21F4N3O. The molecule has 8 heteroatoms. The Bertz CT molecular complexity index is 1070. The molecule has 0 bridgehead atoms. The number of carbonyl (C=O) groups is 1. The molecule has 0 spiro atoms. The lowest BCUT2D eigenvalue weighted by Crippen LogP contribution is -2.40. The maximum absolute atomic E-state index is 13.3. The number of fused-ring (bicyclic) bond motifs is 1. The van der Waals surface area contributed by atoms with Crippen LogP contribution in [0.15, 0.2) is 54.6 Å². The van der Waals surface area contributed by atoms with E-state index in [0.29, 0.717) is 47.8 Å². The average molecular weight is 431 g/mol. The van der Waals surface area contributed by atoms with Gasteiger partial charge >= 0.3 is 6.18 Å². The molecule has 31 heavy (non-hydrogen) atoms. The van der Waals surface area contributed by atoms with E-state index in [1.165, 1.54) is 24.3 Å². The second-order valence-corrected chi connectivity index (χ2v) is 7.74. The van der Waals surface area contributed by atoms with E-state index in [4.69, 9.17) is 0 Å². The van der Waals surface area contributed by atoms with E-state index >= 15 is 0 Å². The standard InChI is InChI=1S/C23H21F4N3O/c24-15-7-5-14(6-8-15)22(31)29-17-11-9-16(10-12-17)28-20-13-21(23(25,26)27)30-19-4-2-1-3-18(19)20/h1-8,13,16-17H,9-12H2,(H,28,30)(H,29,31)/t16-,17+. The molecule has 162 valence electrons. The number of nitrogens with zero attached hydrogens (tertiary/aromatic N) is 1. The minimum Gasteiger partial charge on any atom is -0.382 e. The predicted molar refractivity (Wildman–Crippen MR) is 110 cm³/mol. The number of anilines is 1. The zero-order valence-corrected chi connectivity index (χ0v) is 16.5. The molecule has 0 aliphatic heterocycles. The van der Waals surface area contributed by atoms with Crippen molar-refractivity contribution in [3.8, 4) is 0 Å². The number of nitrogens with one attached hydrogen (secondary N) is 2. The minimum atomic E-state index is -4.53. The van der Waals surface area contributed by atoms with Crippen LogP contribution in [0.25, 0.3) is 10.9 Å². The van der Waals surface area contributed by atoms with Gasteiger partial charge in [0.25, 0.3) is 5.91 Å². The zero-order valence-electron chi connectivity index (χ0n) is 16.5. The fourth-order valence-corrected chi connectivity index (χ4v) is 3.91. The summed E-state index contributed by atoms with van der Waals surface area (Å²) >= 11 is 0. The second kappa shape index (κ2) is 8.53. The summed E-state index contributed by atoms with van der Waals surface area (Å²) in [5.74, 6) is -0.660. The fraction of sp³-hybridized carbons (Fsp3) is 0.304. The number of pyridine rings is 1. The van der Waals surface area contributed by atoms with Gasteiger partial charge in [-0.05, 0) is 62.1 Å². The van der Waals surface area contributed by atoms with Crippen LogP contribution in [0.4, 0.5) is 23.2 Å². The monoisotopic (exact) mass is 431 g/mol. The van der Waals surface area contributed by atoms with Crippen LogP contribution in [0.2, 0.25) is 0 Å². The molecule has 2 aromatic carbocycles. The van der Waals surface area contributed by atoms with E-state index in [0.717, 1.165) is 6.07 Å². The topological polar surface area (TPSA) is 54.0 Å². The zero-order chi connectivity index (χ0) is 22.0. The Hall–Kier alpha value is -3.16. The van der Waals surface area contributed by atoms with Crippen molar-refractivity contribution in [3.63, 3.8) is 0 Å². The highest BCUT2D eigenvalue weighted by atomic mass is 19.4. The van der Waals surface area contributed by atoms with Gasteiger partial charge in [0.2, 0.25) is 0 Å². The third kappa shape index (κ3) is 4.95. The Morgan fingerprint density at radius 1 is 0.935 bits per heavy atom. The van der Waals surface area contributed by atoms with Gasteiger partial charge in [-0.3, -0.25) is 4.79 Å². The Labute approximate surface area is 176 Å². The molecule has 0 unspecified atom stereocenters. The largest absolute Gasteiger partial charge is 0.433 e. The Balaban J connectivity index is 1.41.